The highest BCUT2D eigenvalue weighted by Gasteiger charge is 2.19. The highest BCUT2D eigenvalue weighted by molar-refractivity contribution is 7.26. The standard InChI is InChI=1S/C51H31N3S/c1-3-14-32(15-4-1)45-31-46(33-16-5-2-6-17-33)54-51(53-45)37-20-13-19-34(28-37)35-26-27-44-43(29-35)48-41-24-11-12-25-47(41)55-50(48)49(52-44)42-30-36-18-7-8-21-38(36)39-22-9-10-23-40(39)42/h1-31H. The van der Waals surface area contributed by atoms with Gasteiger partial charge in [0.2, 0.25) is 0 Å². The first-order valence-electron chi connectivity index (χ1n) is 18.5. The molecule has 55 heavy (non-hydrogen) atoms. The number of thiophene rings is 1. The van der Waals surface area contributed by atoms with Crippen LogP contribution in [0.3, 0.4) is 0 Å². The molecule has 4 heteroatoms. The average molecular weight is 718 g/mol. The molecule has 0 spiro atoms. The smallest absolute Gasteiger partial charge is 0.160 e. The SMILES string of the molecule is c1ccc(-c2cc(-c3ccccc3)nc(-c3cccc(-c4ccc5nc(-c6cc7ccccc7c7ccccc67)c6sc7ccccc7c6c5c4)c3)n2)cc1. The molecule has 0 N–H and O–H groups in total. The highest BCUT2D eigenvalue weighted by Crippen LogP contribution is 2.46. The van der Waals surface area contributed by atoms with E-state index in [1.54, 1.807) is 0 Å². The topological polar surface area (TPSA) is 38.7 Å². The van der Waals surface area contributed by atoms with Crippen LogP contribution in [0.2, 0.25) is 0 Å². The molecule has 11 aromatic rings. The molecule has 0 radical (unpaired) electrons. The normalized spacial score (nSPS) is 11.6. The summed E-state index contributed by atoms with van der Waals surface area (Å²) in [4.78, 5) is 15.7. The van der Waals surface area contributed by atoms with Crippen molar-refractivity contribution >= 4 is 64.0 Å². The quantitative estimate of drug-likeness (QED) is 0.166. The van der Waals surface area contributed by atoms with Gasteiger partial charge in [0.25, 0.3) is 0 Å². The monoisotopic (exact) mass is 717 g/mol. The Morgan fingerprint density at radius 3 is 1.73 bits per heavy atom. The first kappa shape index (κ1) is 31.5. The van der Waals surface area contributed by atoms with E-state index in [4.69, 9.17) is 15.0 Å². The number of fused-ring (bicyclic) bond motifs is 8. The Morgan fingerprint density at radius 1 is 0.364 bits per heavy atom. The first-order chi connectivity index (χ1) is 27.2. The fourth-order valence-electron chi connectivity index (χ4n) is 8.02. The van der Waals surface area contributed by atoms with Gasteiger partial charge in [-0.25, -0.2) is 15.0 Å². The zero-order chi connectivity index (χ0) is 36.3. The zero-order valence-corrected chi connectivity index (χ0v) is 30.5. The van der Waals surface area contributed by atoms with E-state index in [0.717, 1.165) is 61.4 Å². The third kappa shape index (κ3) is 5.38. The van der Waals surface area contributed by atoms with E-state index in [1.807, 2.05) is 23.5 Å². The minimum absolute atomic E-state index is 0.697. The van der Waals surface area contributed by atoms with Crippen molar-refractivity contribution in [2.45, 2.75) is 0 Å². The van der Waals surface area contributed by atoms with Gasteiger partial charge < -0.3 is 0 Å². The lowest BCUT2D eigenvalue weighted by Crippen LogP contribution is -1.96. The Bertz CT molecular complexity index is 3200. The van der Waals surface area contributed by atoms with Crippen LogP contribution in [0.4, 0.5) is 0 Å². The number of hydrogen-bond donors (Lipinski definition) is 0. The number of aromatic nitrogens is 3. The van der Waals surface area contributed by atoms with Crippen LogP contribution in [0.15, 0.2) is 188 Å². The van der Waals surface area contributed by atoms with Gasteiger partial charge in [0.15, 0.2) is 5.82 Å². The molecular weight excluding hydrogens is 687 g/mol. The van der Waals surface area contributed by atoms with Crippen LogP contribution < -0.4 is 0 Å². The predicted octanol–water partition coefficient (Wildman–Crippen LogP) is 14.0. The summed E-state index contributed by atoms with van der Waals surface area (Å²) in [6, 6.07) is 66.6. The lowest BCUT2D eigenvalue weighted by atomic mass is 9.94. The van der Waals surface area contributed by atoms with Crippen molar-refractivity contribution in [1.82, 2.24) is 15.0 Å². The van der Waals surface area contributed by atoms with Crippen LogP contribution in [0, 0.1) is 0 Å². The number of nitrogens with zero attached hydrogens (tertiary/aromatic N) is 3. The second-order valence-electron chi connectivity index (χ2n) is 14.0. The summed E-state index contributed by atoms with van der Waals surface area (Å²) in [6.07, 6.45) is 0. The van der Waals surface area contributed by atoms with Crippen LogP contribution in [0.5, 0.6) is 0 Å². The first-order valence-corrected chi connectivity index (χ1v) is 19.3. The lowest BCUT2D eigenvalue weighted by Gasteiger charge is -2.13. The molecule has 0 amide bonds. The van der Waals surface area contributed by atoms with E-state index in [2.05, 4.69) is 176 Å². The molecule has 0 saturated carbocycles. The van der Waals surface area contributed by atoms with Gasteiger partial charge in [-0.1, -0.05) is 152 Å². The molecule has 11 rings (SSSR count). The average Bonchev–Trinajstić information content (AvgIpc) is 3.66. The van der Waals surface area contributed by atoms with Gasteiger partial charge in [-0.2, -0.15) is 0 Å². The molecule has 3 nitrogen and oxygen atoms in total. The van der Waals surface area contributed by atoms with Crippen LogP contribution in [-0.4, -0.2) is 15.0 Å². The number of pyridine rings is 1. The number of benzene rings is 8. The Kier molecular flexibility index (Phi) is 7.35. The largest absolute Gasteiger partial charge is 0.246 e. The van der Waals surface area contributed by atoms with Crippen LogP contribution in [0.1, 0.15) is 0 Å². The highest BCUT2D eigenvalue weighted by atomic mass is 32.1. The summed E-state index contributed by atoms with van der Waals surface area (Å²) >= 11 is 1.83. The van der Waals surface area contributed by atoms with E-state index in [9.17, 15) is 0 Å². The lowest BCUT2D eigenvalue weighted by molar-refractivity contribution is 1.18. The predicted molar refractivity (Wildman–Crippen MR) is 232 cm³/mol. The van der Waals surface area contributed by atoms with Crippen LogP contribution in [-0.2, 0) is 0 Å². The molecule has 0 aliphatic carbocycles. The van der Waals surface area contributed by atoms with E-state index < -0.39 is 0 Å². The molecule has 3 heterocycles. The Hall–Kier alpha value is -7.01. The van der Waals surface area contributed by atoms with Crippen molar-refractivity contribution in [2.24, 2.45) is 0 Å². The van der Waals surface area contributed by atoms with Gasteiger partial charge in [-0.05, 0) is 69.1 Å². The van der Waals surface area contributed by atoms with Crippen LogP contribution in [0.25, 0.3) is 109 Å². The Balaban J connectivity index is 1.10. The molecule has 256 valence electrons. The molecule has 0 aliphatic heterocycles. The van der Waals surface area contributed by atoms with Gasteiger partial charge in [0.1, 0.15) is 0 Å². The summed E-state index contributed by atoms with van der Waals surface area (Å²) < 4.78 is 2.47. The third-order valence-electron chi connectivity index (χ3n) is 10.7. The van der Waals surface area contributed by atoms with Gasteiger partial charge in [-0.3, -0.25) is 0 Å². The second kappa shape index (κ2) is 12.8. The number of rotatable bonds is 5. The molecule has 3 aromatic heterocycles. The van der Waals surface area contributed by atoms with Gasteiger partial charge >= 0.3 is 0 Å². The van der Waals surface area contributed by atoms with Gasteiger partial charge in [-0.15, -0.1) is 11.3 Å². The number of hydrogen-bond acceptors (Lipinski definition) is 4. The van der Waals surface area contributed by atoms with Gasteiger partial charge in [0, 0.05) is 43.1 Å². The van der Waals surface area contributed by atoms with Crippen molar-refractivity contribution in [3.8, 4) is 56.3 Å². The van der Waals surface area contributed by atoms with E-state index in [-0.39, 0.29) is 0 Å². The second-order valence-corrected chi connectivity index (χ2v) is 15.0. The van der Waals surface area contributed by atoms with Crippen molar-refractivity contribution in [3.05, 3.63) is 188 Å². The summed E-state index contributed by atoms with van der Waals surface area (Å²) in [7, 11) is 0. The fourth-order valence-corrected chi connectivity index (χ4v) is 9.25. The summed E-state index contributed by atoms with van der Waals surface area (Å²) in [5, 5.41) is 8.60. The summed E-state index contributed by atoms with van der Waals surface area (Å²) in [6.45, 7) is 0. The molecule has 0 bridgehead atoms. The molecule has 0 atom stereocenters. The maximum absolute atomic E-state index is 5.49. The minimum Gasteiger partial charge on any atom is -0.246 e. The maximum Gasteiger partial charge on any atom is 0.160 e. The summed E-state index contributed by atoms with van der Waals surface area (Å²) in [5.41, 5.74) is 10.3. The Morgan fingerprint density at radius 2 is 0.964 bits per heavy atom. The van der Waals surface area contributed by atoms with Crippen molar-refractivity contribution in [3.63, 3.8) is 0 Å². The van der Waals surface area contributed by atoms with Crippen molar-refractivity contribution in [1.29, 1.82) is 0 Å². The molecule has 0 unspecified atom stereocenters. The van der Waals surface area contributed by atoms with E-state index in [1.165, 1.54) is 41.7 Å². The zero-order valence-electron chi connectivity index (χ0n) is 29.6. The molecule has 8 aromatic carbocycles. The van der Waals surface area contributed by atoms with Crippen LogP contribution >= 0.6 is 11.3 Å². The third-order valence-corrected chi connectivity index (χ3v) is 11.8. The Labute approximate surface area is 321 Å². The molecule has 0 saturated heterocycles. The molecule has 0 aliphatic rings. The van der Waals surface area contributed by atoms with E-state index >= 15 is 0 Å². The fraction of sp³-hybridized carbons (Fsp3) is 0. The minimum atomic E-state index is 0.697. The van der Waals surface area contributed by atoms with E-state index in [0.29, 0.717) is 5.82 Å². The summed E-state index contributed by atoms with van der Waals surface area (Å²) in [5.74, 6) is 0.697. The van der Waals surface area contributed by atoms with Gasteiger partial charge in [0.05, 0.1) is 27.3 Å². The van der Waals surface area contributed by atoms with Crippen molar-refractivity contribution < 1.29 is 0 Å². The molecular formula is C51H31N3S. The van der Waals surface area contributed by atoms with Crippen molar-refractivity contribution in [2.75, 3.05) is 0 Å². The molecule has 0 fully saturated rings. The maximum atomic E-state index is 5.49.